The Morgan fingerprint density at radius 1 is 1.21 bits per heavy atom. The molecule has 0 aromatic heterocycles. The molecule has 0 saturated carbocycles. The Morgan fingerprint density at radius 2 is 1.74 bits per heavy atom. The lowest BCUT2D eigenvalue weighted by Gasteiger charge is -2.24. The average molecular weight is 262 g/mol. The van der Waals surface area contributed by atoms with E-state index in [0.717, 1.165) is 18.4 Å². The summed E-state index contributed by atoms with van der Waals surface area (Å²) in [4.78, 5) is 13.9. The molecule has 0 unspecified atom stereocenters. The highest BCUT2D eigenvalue weighted by atomic mass is 16.2. The molecular weight excluding hydrogens is 236 g/mol. The van der Waals surface area contributed by atoms with Gasteiger partial charge in [0.15, 0.2) is 0 Å². The highest BCUT2D eigenvalue weighted by molar-refractivity contribution is 5.81. The van der Waals surface area contributed by atoms with Gasteiger partial charge in [0.05, 0.1) is 6.04 Å². The van der Waals surface area contributed by atoms with Crippen molar-refractivity contribution in [2.45, 2.75) is 46.2 Å². The van der Waals surface area contributed by atoms with Crippen LogP contribution in [-0.2, 0) is 17.8 Å². The van der Waals surface area contributed by atoms with Crippen LogP contribution in [-0.4, -0.2) is 23.9 Å². The third-order valence-electron chi connectivity index (χ3n) is 3.77. The topological polar surface area (TPSA) is 46.3 Å². The maximum Gasteiger partial charge on any atom is 0.239 e. The summed E-state index contributed by atoms with van der Waals surface area (Å²) in [7, 11) is 1.82. The fourth-order valence-electron chi connectivity index (χ4n) is 1.98. The Hall–Kier alpha value is -1.35. The Kier molecular flexibility index (Phi) is 6.03. The molecule has 1 aromatic rings. The van der Waals surface area contributed by atoms with E-state index in [1.165, 1.54) is 5.56 Å². The molecule has 0 fully saturated rings. The molecule has 1 amide bonds. The molecule has 1 rings (SSSR count). The predicted molar refractivity (Wildman–Crippen MR) is 79.7 cm³/mol. The second kappa shape index (κ2) is 7.29. The molecule has 0 aliphatic rings. The van der Waals surface area contributed by atoms with Crippen molar-refractivity contribution < 1.29 is 4.79 Å². The Labute approximate surface area is 116 Å². The van der Waals surface area contributed by atoms with Crippen molar-refractivity contribution in [1.29, 1.82) is 0 Å². The van der Waals surface area contributed by atoms with E-state index in [9.17, 15) is 4.79 Å². The molecule has 2 N–H and O–H groups in total. The standard InChI is InChI=1S/C16H26N2O/c1-5-12(3)15(17)16(19)18(4)11-14-9-7-13(6-2)8-10-14/h7-10,12,15H,5-6,11,17H2,1-4H3/t12-,15-/m0/s1. The van der Waals surface area contributed by atoms with Crippen LogP contribution >= 0.6 is 0 Å². The zero-order valence-electron chi connectivity index (χ0n) is 12.5. The molecule has 0 radical (unpaired) electrons. The number of nitrogens with zero attached hydrogens (tertiary/aromatic N) is 1. The largest absolute Gasteiger partial charge is 0.340 e. The summed E-state index contributed by atoms with van der Waals surface area (Å²) in [6, 6.07) is 7.99. The zero-order valence-corrected chi connectivity index (χ0v) is 12.5. The predicted octanol–water partition coefficient (Wildman–Crippen LogP) is 2.58. The van der Waals surface area contributed by atoms with Crippen molar-refractivity contribution in [3.8, 4) is 0 Å². The van der Waals surface area contributed by atoms with Gasteiger partial charge in [-0.1, -0.05) is 51.5 Å². The summed E-state index contributed by atoms with van der Waals surface area (Å²) < 4.78 is 0. The minimum absolute atomic E-state index is 0.0221. The van der Waals surface area contributed by atoms with Crippen LogP contribution in [0, 0.1) is 5.92 Å². The number of hydrogen-bond acceptors (Lipinski definition) is 2. The highest BCUT2D eigenvalue weighted by Gasteiger charge is 2.22. The smallest absolute Gasteiger partial charge is 0.239 e. The van der Waals surface area contributed by atoms with E-state index in [4.69, 9.17) is 5.73 Å². The Balaban J connectivity index is 2.62. The molecule has 106 valence electrons. The van der Waals surface area contributed by atoms with Crippen molar-refractivity contribution in [2.24, 2.45) is 11.7 Å². The number of aryl methyl sites for hydroxylation is 1. The van der Waals surface area contributed by atoms with E-state index in [0.29, 0.717) is 6.54 Å². The molecule has 0 saturated heterocycles. The molecule has 0 aliphatic carbocycles. The first-order valence-corrected chi connectivity index (χ1v) is 7.07. The maximum absolute atomic E-state index is 12.2. The van der Waals surface area contributed by atoms with E-state index in [2.05, 4.69) is 38.1 Å². The number of nitrogens with two attached hydrogens (primary N) is 1. The molecule has 1 aromatic carbocycles. The minimum atomic E-state index is -0.398. The molecule has 0 bridgehead atoms. The number of carbonyl (C=O) groups is 1. The summed E-state index contributed by atoms with van der Waals surface area (Å²) >= 11 is 0. The van der Waals surface area contributed by atoms with Gasteiger partial charge in [0.2, 0.25) is 5.91 Å². The summed E-state index contributed by atoms with van der Waals surface area (Å²) in [5, 5.41) is 0. The molecule has 3 heteroatoms. The van der Waals surface area contributed by atoms with Crippen LogP contribution < -0.4 is 5.73 Å². The second-order valence-corrected chi connectivity index (χ2v) is 5.28. The van der Waals surface area contributed by atoms with Gasteiger partial charge in [-0.15, -0.1) is 0 Å². The highest BCUT2D eigenvalue weighted by Crippen LogP contribution is 2.11. The summed E-state index contributed by atoms with van der Waals surface area (Å²) in [5.41, 5.74) is 8.44. The van der Waals surface area contributed by atoms with Crippen LogP contribution in [0.3, 0.4) is 0 Å². The SMILES string of the molecule is CCc1ccc(CN(C)C(=O)[C@@H](N)[C@@H](C)CC)cc1. The quantitative estimate of drug-likeness (QED) is 0.856. The van der Waals surface area contributed by atoms with Gasteiger partial charge >= 0.3 is 0 Å². The van der Waals surface area contributed by atoms with Crippen LogP contribution in [0.15, 0.2) is 24.3 Å². The lowest BCUT2D eigenvalue weighted by Crippen LogP contribution is -2.45. The monoisotopic (exact) mass is 262 g/mol. The Bertz CT molecular complexity index is 400. The molecule has 0 aliphatic heterocycles. The third kappa shape index (κ3) is 4.35. The molecule has 3 nitrogen and oxygen atoms in total. The van der Waals surface area contributed by atoms with Gasteiger partial charge in [0.1, 0.15) is 0 Å². The van der Waals surface area contributed by atoms with Crippen LogP contribution in [0.1, 0.15) is 38.3 Å². The lowest BCUT2D eigenvalue weighted by atomic mass is 9.99. The first-order chi connectivity index (χ1) is 8.99. The molecule has 0 heterocycles. The van der Waals surface area contributed by atoms with Crippen LogP contribution in [0.4, 0.5) is 0 Å². The van der Waals surface area contributed by atoms with Crippen molar-refractivity contribution in [1.82, 2.24) is 4.90 Å². The van der Waals surface area contributed by atoms with E-state index < -0.39 is 6.04 Å². The molecule has 19 heavy (non-hydrogen) atoms. The first kappa shape index (κ1) is 15.7. The average Bonchev–Trinajstić information content (AvgIpc) is 2.45. The van der Waals surface area contributed by atoms with Gasteiger partial charge in [0.25, 0.3) is 0 Å². The van der Waals surface area contributed by atoms with Crippen molar-refractivity contribution in [3.05, 3.63) is 35.4 Å². The van der Waals surface area contributed by atoms with Crippen LogP contribution in [0.25, 0.3) is 0 Å². The maximum atomic E-state index is 12.2. The van der Waals surface area contributed by atoms with Gasteiger partial charge < -0.3 is 10.6 Å². The number of benzene rings is 1. The zero-order chi connectivity index (χ0) is 14.4. The van der Waals surface area contributed by atoms with Gasteiger partial charge in [-0.05, 0) is 23.5 Å². The number of amides is 1. The number of likely N-dealkylation sites (N-methyl/N-ethyl adjacent to an activating group) is 1. The van der Waals surface area contributed by atoms with E-state index in [-0.39, 0.29) is 11.8 Å². The van der Waals surface area contributed by atoms with Gasteiger partial charge in [-0.2, -0.15) is 0 Å². The van der Waals surface area contributed by atoms with Gasteiger partial charge in [-0.25, -0.2) is 0 Å². The number of carbonyl (C=O) groups excluding carboxylic acids is 1. The van der Waals surface area contributed by atoms with Crippen molar-refractivity contribution in [2.75, 3.05) is 7.05 Å². The fourth-order valence-corrected chi connectivity index (χ4v) is 1.98. The number of rotatable bonds is 6. The van der Waals surface area contributed by atoms with E-state index in [1.807, 2.05) is 14.0 Å². The molecular formula is C16H26N2O. The summed E-state index contributed by atoms with van der Waals surface area (Å²) in [6.07, 6.45) is 1.96. The fraction of sp³-hybridized carbons (Fsp3) is 0.562. The number of hydrogen-bond donors (Lipinski definition) is 1. The van der Waals surface area contributed by atoms with Crippen LogP contribution in [0.2, 0.25) is 0 Å². The summed E-state index contributed by atoms with van der Waals surface area (Å²) in [5.74, 6) is 0.242. The summed E-state index contributed by atoms with van der Waals surface area (Å²) in [6.45, 7) is 6.83. The molecule has 2 atom stereocenters. The molecule has 0 spiro atoms. The van der Waals surface area contributed by atoms with Gasteiger partial charge in [0, 0.05) is 13.6 Å². The third-order valence-corrected chi connectivity index (χ3v) is 3.77. The second-order valence-electron chi connectivity index (χ2n) is 5.28. The van der Waals surface area contributed by atoms with Crippen LogP contribution in [0.5, 0.6) is 0 Å². The van der Waals surface area contributed by atoms with Gasteiger partial charge in [-0.3, -0.25) is 4.79 Å². The minimum Gasteiger partial charge on any atom is -0.340 e. The lowest BCUT2D eigenvalue weighted by molar-refractivity contribution is -0.132. The van der Waals surface area contributed by atoms with E-state index >= 15 is 0 Å². The Morgan fingerprint density at radius 3 is 2.21 bits per heavy atom. The van der Waals surface area contributed by atoms with Crippen molar-refractivity contribution >= 4 is 5.91 Å². The van der Waals surface area contributed by atoms with Crippen molar-refractivity contribution in [3.63, 3.8) is 0 Å². The van der Waals surface area contributed by atoms with E-state index in [1.54, 1.807) is 4.90 Å². The first-order valence-electron chi connectivity index (χ1n) is 7.07. The normalized spacial score (nSPS) is 13.9.